The molecule has 1 aliphatic rings. The van der Waals surface area contributed by atoms with Crippen molar-refractivity contribution in [2.24, 2.45) is 0 Å². The summed E-state index contributed by atoms with van der Waals surface area (Å²) in [5, 5.41) is 5.23. The van der Waals surface area contributed by atoms with E-state index in [1.165, 1.54) is 36.3 Å². The monoisotopic (exact) mass is 526 g/mol. The van der Waals surface area contributed by atoms with E-state index in [0.29, 0.717) is 16.9 Å². The van der Waals surface area contributed by atoms with Crippen LogP contribution in [0.2, 0.25) is 0 Å². The van der Waals surface area contributed by atoms with Gasteiger partial charge in [-0.25, -0.2) is 22.6 Å². The fourth-order valence-electron chi connectivity index (χ4n) is 4.19. The highest BCUT2D eigenvalue weighted by molar-refractivity contribution is 7.90. The topological polar surface area (TPSA) is 118 Å². The van der Waals surface area contributed by atoms with Gasteiger partial charge in [0.15, 0.2) is 9.84 Å². The van der Waals surface area contributed by atoms with Gasteiger partial charge in [-0.2, -0.15) is 0 Å². The number of halogens is 1. The number of pyridine rings is 1. The molecule has 2 atom stereocenters. The van der Waals surface area contributed by atoms with Crippen LogP contribution >= 0.6 is 0 Å². The minimum Gasteiger partial charge on any atom is -0.380 e. The number of carbonyl (C=O) groups excluding carboxylic acids is 2. The lowest BCUT2D eigenvalue weighted by Gasteiger charge is -2.24. The highest BCUT2D eigenvalue weighted by atomic mass is 32.2. The molecule has 2 aromatic carbocycles. The molecule has 1 aliphatic heterocycles. The molecule has 2 heterocycles. The van der Waals surface area contributed by atoms with Crippen molar-refractivity contribution < 1.29 is 27.1 Å². The van der Waals surface area contributed by atoms with Gasteiger partial charge in [0.05, 0.1) is 16.7 Å². The molecule has 0 radical (unpaired) electrons. The number of nitrogens with zero attached hydrogens (tertiary/aromatic N) is 2. The number of urea groups is 1. The summed E-state index contributed by atoms with van der Waals surface area (Å²) in [4.78, 5) is 31.6. The number of hydrogen-bond donors (Lipinski definition) is 2. The molecule has 1 aromatic heterocycles. The average molecular weight is 527 g/mol. The van der Waals surface area contributed by atoms with Crippen molar-refractivity contribution in [3.05, 3.63) is 72.2 Å². The SMILES string of the molecule is CO[C@@H]1C[C@H](C(=O)Nc2ccc(-c3ccccc3S(C)(=O)=O)cc2F)N(C(=O)Nc2ccc(C)cn2)C1. The number of hydrogen-bond acceptors (Lipinski definition) is 6. The van der Waals surface area contributed by atoms with Gasteiger partial charge in [-0.3, -0.25) is 10.1 Å². The van der Waals surface area contributed by atoms with Crippen molar-refractivity contribution in [3.63, 3.8) is 0 Å². The van der Waals surface area contributed by atoms with E-state index >= 15 is 4.39 Å². The van der Waals surface area contributed by atoms with E-state index in [4.69, 9.17) is 4.74 Å². The van der Waals surface area contributed by atoms with Crippen LogP contribution in [0.3, 0.4) is 0 Å². The molecule has 4 rings (SSSR count). The minimum absolute atomic E-state index is 0.0764. The molecule has 11 heteroatoms. The highest BCUT2D eigenvalue weighted by Gasteiger charge is 2.40. The summed E-state index contributed by atoms with van der Waals surface area (Å²) < 4.78 is 44.7. The van der Waals surface area contributed by atoms with Crippen LogP contribution in [-0.2, 0) is 19.4 Å². The van der Waals surface area contributed by atoms with Gasteiger partial charge >= 0.3 is 6.03 Å². The Morgan fingerprint density at radius 2 is 1.86 bits per heavy atom. The fraction of sp³-hybridized carbons (Fsp3) is 0.269. The molecule has 2 N–H and O–H groups in total. The van der Waals surface area contributed by atoms with Crippen LogP contribution in [0.25, 0.3) is 11.1 Å². The Morgan fingerprint density at radius 1 is 1.11 bits per heavy atom. The number of benzene rings is 2. The third-order valence-electron chi connectivity index (χ3n) is 6.13. The molecule has 194 valence electrons. The summed E-state index contributed by atoms with van der Waals surface area (Å²) in [5.74, 6) is -0.975. The second-order valence-corrected chi connectivity index (χ2v) is 10.8. The normalized spacial score (nSPS) is 17.5. The number of aryl methyl sites for hydroxylation is 1. The molecule has 0 saturated carbocycles. The van der Waals surface area contributed by atoms with E-state index in [2.05, 4.69) is 15.6 Å². The second kappa shape index (κ2) is 10.7. The Balaban J connectivity index is 1.53. The zero-order valence-electron chi connectivity index (χ0n) is 20.6. The third-order valence-corrected chi connectivity index (χ3v) is 7.29. The standard InChI is InChI=1S/C26H27FN4O5S/c1-16-8-11-24(28-14-16)30-26(33)31-15-18(36-2)13-22(31)25(32)29-21-10-9-17(12-20(21)27)19-6-4-5-7-23(19)37(3,34)35/h4-12,14,18,22H,13,15H2,1-3H3,(H,29,32)(H,28,30,33)/t18-,22-/m1/s1. The van der Waals surface area contributed by atoms with Gasteiger partial charge in [-0.1, -0.05) is 30.3 Å². The lowest BCUT2D eigenvalue weighted by atomic mass is 10.0. The minimum atomic E-state index is -3.53. The van der Waals surface area contributed by atoms with Crippen molar-refractivity contribution in [1.82, 2.24) is 9.88 Å². The maximum absolute atomic E-state index is 15.0. The maximum Gasteiger partial charge on any atom is 0.323 e. The molecule has 3 aromatic rings. The summed E-state index contributed by atoms with van der Waals surface area (Å²) in [6, 6.07) is 12.4. The van der Waals surface area contributed by atoms with Gasteiger partial charge in [-0.05, 0) is 42.3 Å². The van der Waals surface area contributed by atoms with Gasteiger partial charge in [0.1, 0.15) is 17.7 Å². The number of methoxy groups -OCH3 is 1. The van der Waals surface area contributed by atoms with E-state index in [1.54, 1.807) is 36.5 Å². The predicted octanol–water partition coefficient (Wildman–Crippen LogP) is 3.86. The number of anilines is 2. The molecule has 0 unspecified atom stereocenters. The second-order valence-electron chi connectivity index (χ2n) is 8.86. The summed E-state index contributed by atoms with van der Waals surface area (Å²) in [5.41, 5.74) is 1.55. The largest absolute Gasteiger partial charge is 0.380 e. The van der Waals surface area contributed by atoms with Gasteiger partial charge in [0.2, 0.25) is 5.91 Å². The predicted molar refractivity (Wildman–Crippen MR) is 137 cm³/mol. The molecular weight excluding hydrogens is 499 g/mol. The van der Waals surface area contributed by atoms with Gasteiger partial charge in [0.25, 0.3) is 0 Å². The first-order chi connectivity index (χ1) is 17.6. The van der Waals surface area contributed by atoms with Crippen LogP contribution in [0.4, 0.5) is 20.7 Å². The molecule has 9 nitrogen and oxygen atoms in total. The van der Waals surface area contributed by atoms with E-state index < -0.39 is 33.6 Å². The summed E-state index contributed by atoms with van der Waals surface area (Å²) in [7, 11) is -2.04. The Labute approximate surface area is 214 Å². The number of aromatic nitrogens is 1. The van der Waals surface area contributed by atoms with Crippen molar-refractivity contribution in [3.8, 4) is 11.1 Å². The van der Waals surface area contributed by atoms with Crippen molar-refractivity contribution in [2.75, 3.05) is 30.5 Å². The molecule has 37 heavy (non-hydrogen) atoms. The van der Waals surface area contributed by atoms with Gasteiger partial charge in [-0.15, -0.1) is 0 Å². The van der Waals surface area contributed by atoms with E-state index in [0.717, 1.165) is 11.8 Å². The first-order valence-electron chi connectivity index (χ1n) is 11.5. The van der Waals surface area contributed by atoms with Crippen molar-refractivity contribution in [2.45, 2.75) is 30.4 Å². The van der Waals surface area contributed by atoms with Gasteiger partial charge < -0.3 is 15.0 Å². The van der Waals surface area contributed by atoms with Crippen LogP contribution < -0.4 is 10.6 Å². The number of ether oxygens (including phenoxy) is 1. The Morgan fingerprint density at radius 3 is 2.51 bits per heavy atom. The number of nitrogens with one attached hydrogen (secondary N) is 2. The first kappa shape index (κ1) is 26.2. The number of sulfone groups is 1. The van der Waals surface area contributed by atoms with Crippen LogP contribution in [-0.4, -0.2) is 62.3 Å². The first-order valence-corrected chi connectivity index (χ1v) is 13.4. The van der Waals surface area contributed by atoms with E-state index in [1.807, 2.05) is 6.92 Å². The number of likely N-dealkylation sites (tertiary alicyclic amines) is 1. The zero-order chi connectivity index (χ0) is 26.7. The van der Waals surface area contributed by atoms with Crippen LogP contribution in [0, 0.1) is 12.7 Å². The van der Waals surface area contributed by atoms with E-state index in [-0.39, 0.29) is 29.7 Å². The van der Waals surface area contributed by atoms with Crippen LogP contribution in [0.5, 0.6) is 0 Å². The lowest BCUT2D eigenvalue weighted by Crippen LogP contribution is -2.45. The summed E-state index contributed by atoms with van der Waals surface area (Å²) in [6.07, 6.45) is 2.57. The Kier molecular flexibility index (Phi) is 7.55. The number of amides is 3. The fourth-order valence-corrected chi connectivity index (χ4v) is 5.10. The van der Waals surface area contributed by atoms with Crippen LogP contribution in [0.1, 0.15) is 12.0 Å². The Bertz CT molecular complexity index is 1430. The highest BCUT2D eigenvalue weighted by Crippen LogP contribution is 2.30. The molecular formula is C26H27FN4O5S. The average Bonchev–Trinajstić information content (AvgIpc) is 3.31. The lowest BCUT2D eigenvalue weighted by molar-refractivity contribution is -0.119. The molecule has 1 saturated heterocycles. The molecule has 0 bridgehead atoms. The summed E-state index contributed by atoms with van der Waals surface area (Å²) in [6.45, 7) is 2.05. The van der Waals surface area contributed by atoms with Crippen molar-refractivity contribution >= 4 is 33.3 Å². The third kappa shape index (κ3) is 5.95. The quantitative estimate of drug-likeness (QED) is 0.504. The summed E-state index contributed by atoms with van der Waals surface area (Å²) >= 11 is 0. The van der Waals surface area contributed by atoms with Crippen LogP contribution in [0.15, 0.2) is 65.7 Å². The molecule has 0 aliphatic carbocycles. The smallest absolute Gasteiger partial charge is 0.323 e. The zero-order valence-corrected chi connectivity index (χ0v) is 21.4. The molecule has 1 fully saturated rings. The molecule has 0 spiro atoms. The van der Waals surface area contributed by atoms with E-state index in [9.17, 15) is 18.0 Å². The maximum atomic E-state index is 15.0. The number of carbonyl (C=O) groups is 2. The molecule has 3 amide bonds. The number of rotatable bonds is 6. The van der Waals surface area contributed by atoms with Crippen molar-refractivity contribution in [1.29, 1.82) is 0 Å². The van der Waals surface area contributed by atoms with Gasteiger partial charge in [0, 0.05) is 38.1 Å². The Hall–Kier alpha value is -3.83.